The minimum atomic E-state index is -4.43. The van der Waals surface area contributed by atoms with Gasteiger partial charge < -0.3 is 14.7 Å². The molecule has 21 heavy (non-hydrogen) atoms. The summed E-state index contributed by atoms with van der Waals surface area (Å²) in [7, 11) is 0. The van der Waals surface area contributed by atoms with Gasteiger partial charge in [-0.05, 0) is 12.1 Å². The van der Waals surface area contributed by atoms with Gasteiger partial charge in [0.15, 0.2) is 0 Å². The third-order valence-corrected chi connectivity index (χ3v) is 2.91. The number of anilines is 2. The van der Waals surface area contributed by atoms with Crippen molar-refractivity contribution in [1.82, 2.24) is 9.97 Å². The van der Waals surface area contributed by atoms with E-state index in [2.05, 4.69) is 15.3 Å². The maximum absolute atomic E-state index is 12.9. The number of para-hydroxylation sites is 1. The lowest BCUT2D eigenvalue weighted by Gasteiger charge is -2.12. The smallest absolute Gasteiger partial charge is 0.419 e. The van der Waals surface area contributed by atoms with Gasteiger partial charge in [0, 0.05) is 12.4 Å². The second-order valence-electron chi connectivity index (χ2n) is 4.29. The predicted molar refractivity (Wildman–Crippen MR) is 71.0 cm³/mol. The van der Waals surface area contributed by atoms with Crippen molar-refractivity contribution in [2.75, 3.05) is 5.32 Å². The monoisotopic (exact) mass is 293 g/mol. The fourth-order valence-corrected chi connectivity index (χ4v) is 1.98. The Kier molecular flexibility index (Phi) is 3.17. The molecule has 0 bridgehead atoms. The van der Waals surface area contributed by atoms with Crippen LogP contribution in [0, 0.1) is 0 Å². The second-order valence-corrected chi connectivity index (χ2v) is 4.29. The van der Waals surface area contributed by atoms with E-state index in [4.69, 9.17) is 4.42 Å². The Morgan fingerprint density at radius 2 is 1.90 bits per heavy atom. The Hall–Kier alpha value is -2.70. The van der Waals surface area contributed by atoms with Gasteiger partial charge in [0.2, 0.25) is 5.89 Å². The summed E-state index contributed by atoms with van der Waals surface area (Å²) in [4.78, 5) is 6.47. The van der Waals surface area contributed by atoms with Crippen molar-refractivity contribution in [2.24, 2.45) is 0 Å². The molecule has 2 heterocycles. The van der Waals surface area contributed by atoms with Crippen LogP contribution in [0.25, 0.3) is 11.5 Å². The van der Waals surface area contributed by atoms with Crippen molar-refractivity contribution >= 4 is 11.4 Å². The molecule has 3 rings (SSSR count). The van der Waals surface area contributed by atoms with Crippen molar-refractivity contribution in [3.63, 3.8) is 0 Å². The highest BCUT2D eigenvalue weighted by molar-refractivity contribution is 5.77. The van der Waals surface area contributed by atoms with Crippen molar-refractivity contribution in [3.05, 3.63) is 54.7 Å². The van der Waals surface area contributed by atoms with Crippen LogP contribution in [-0.4, -0.2) is 9.97 Å². The number of H-pyrrole nitrogens is 1. The first kappa shape index (κ1) is 13.3. The molecule has 108 valence electrons. The number of nitrogens with one attached hydrogen (secondary N) is 2. The summed E-state index contributed by atoms with van der Waals surface area (Å²) >= 11 is 0. The molecule has 0 fully saturated rings. The fourth-order valence-electron chi connectivity index (χ4n) is 1.98. The summed E-state index contributed by atoms with van der Waals surface area (Å²) in [6.07, 6.45) is 0.624. The average Bonchev–Trinajstić information content (AvgIpc) is 3.09. The van der Waals surface area contributed by atoms with Crippen LogP contribution < -0.4 is 5.32 Å². The molecule has 0 amide bonds. The Balaban J connectivity index is 1.99. The molecule has 0 atom stereocenters. The average molecular weight is 293 g/mol. The first-order valence-corrected chi connectivity index (χ1v) is 6.05. The summed E-state index contributed by atoms with van der Waals surface area (Å²) < 4.78 is 43.8. The lowest BCUT2D eigenvalue weighted by atomic mass is 10.1. The topological polar surface area (TPSA) is 53.9 Å². The van der Waals surface area contributed by atoms with Gasteiger partial charge in [-0.15, -0.1) is 0 Å². The number of aromatic amines is 1. The minimum Gasteiger partial charge on any atom is -0.444 e. The number of hydrogen-bond acceptors (Lipinski definition) is 3. The van der Waals surface area contributed by atoms with Gasteiger partial charge in [-0.3, -0.25) is 0 Å². The van der Waals surface area contributed by atoms with Gasteiger partial charge >= 0.3 is 6.18 Å². The Labute approximate surface area is 117 Å². The Morgan fingerprint density at radius 1 is 1.10 bits per heavy atom. The molecular formula is C14H10F3N3O. The van der Waals surface area contributed by atoms with Crippen LogP contribution >= 0.6 is 0 Å². The van der Waals surface area contributed by atoms with Gasteiger partial charge in [-0.25, -0.2) is 4.98 Å². The predicted octanol–water partition coefficient (Wildman–Crippen LogP) is 4.43. The van der Waals surface area contributed by atoms with E-state index in [0.29, 0.717) is 17.1 Å². The summed E-state index contributed by atoms with van der Waals surface area (Å²) in [5.74, 6) is 0.335. The van der Waals surface area contributed by atoms with E-state index in [1.54, 1.807) is 24.3 Å². The first-order valence-electron chi connectivity index (χ1n) is 6.05. The molecule has 0 unspecified atom stereocenters. The number of rotatable bonds is 3. The SMILES string of the molecule is FC(F)(F)c1c[nH]cc1Nc1ccccc1-c1ncco1. The third kappa shape index (κ3) is 2.62. The van der Waals surface area contributed by atoms with Crippen LogP contribution in [0.2, 0.25) is 0 Å². The maximum atomic E-state index is 12.9. The van der Waals surface area contributed by atoms with Gasteiger partial charge in [0.1, 0.15) is 6.26 Å². The van der Waals surface area contributed by atoms with Crippen molar-refractivity contribution in [2.45, 2.75) is 6.18 Å². The third-order valence-electron chi connectivity index (χ3n) is 2.91. The van der Waals surface area contributed by atoms with Crippen LogP contribution in [0.3, 0.4) is 0 Å². The summed E-state index contributed by atoms with van der Waals surface area (Å²) in [5.41, 5.74) is 0.244. The number of hydrogen-bond donors (Lipinski definition) is 2. The standard InChI is InChI=1S/C14H10F3N3O/c15-14(16,17)10-7-18-8-12(10)20-11-4-2-1-3-9(11)13-19-5-6-21-13/h1-8,18,20H. The quantitative estimate of drug-likeness (QED) is 0.751. The van der Waals surface area contributed by atoms with E-state index in [0.717, 1.165) is 6.20 Å². The Bertz CT molecular complexity index is 732. The summed E-state index contributed by atoms with van der Waals surface area (Å²) in [6, 6.07) is 6.85. The molecule has 0 aliphatic heterocycles. The zero-order chi connectivity index (χ0) is 14.9. The van der Waals surface area contributed by atoms with Crippen LogP contribution in [0.15, 0.2) is 53.5 Å². The Morgan fingerprint density at radius 3 is 2.62 bits per heavy atom. The molecule has 0 aliphatic rings. The molecule has 2 aromatic heterocycles. The number of aromatic nitrogens is 2. The van der Waals surface area contributed by atoms with Crippen LogP contribution in [0.1, 0.15) is 5.56 Å². The van der Waals surface area contributed by atoms with E-state index in [9.17, 15) is 13.2 Å². The van der Waals surface area contributed by atoms with E-state index in [-0.39, 0.29) is 5.69 Å². The van der Waals surface area contributed by atoms with Crippen LogP contribution in [0.4, 0.5) is 24.5 Å². The molecule has 0 aliphatic carbocycles. The maximum Gasteiger partial charge on any atom is 0.419 e. The number of oxazole rings is 1. The van der Waals surface area contributed by atoms with E-state index >= 15 is 0 Å². The molecule has 4 nitrogen and oxygen atoms in total. The molecule has 2 N–H and O–H groups in total. The lowest BCUT2D eigenvalue weighted by Crippen LogP contribution is -2.06. The van der Waals surface area contributed by atoms with Gasteiger partial charge in [-0.2, -0.15) is 13.2 Å². The van der Waals surface area contributed by atoms with Crippen LogP contribution in [-0.2, 0) is 6.18 Å². The molecular weight excluding hydrogens is 283 g/mol. The van der Waals surface area contributed by atoms with Gasteiger partial charge in [-0.1, -0.05) is 12.1 Å². The molecule has 0 radical (unpaired) electrons. The molecule has 3 aromatic rings. The van der Waals surface area contributed by atoms with Gasteiger partial charge in [0.05, 0.1) is 28.7 Å². The molecule has 0 saturated carbocycles. The van der Waals surface area contributed by atoms with Crippen molar-refractivity contribution in [3.8, 4) is 11.5 Å². The summed E-state index contributed by atoms with van der Waals surface area (Å²) in [6.45, 7) is 0. The number of halogens is 3. The number of nitrogens with zero attached hydrogens (tertiary/aromatic N) is 1. The van der Waals surface area contributed by atoms with Crippen molar-refractivity contribution < 1.29 is 17.6 Å². The largest absolute Gasteiger partial charge is 0.444 e. The van der Waals surface area contributed by atoms with Gasteiger partial charge in [0.25, 0.3) is 0 Å². The molecule has 0 saturated heterocycles. The van der Waals surface area contributed by atoms with Crippen LogP contribution in [0.5, 0.6) is 0 Å². The first-order chi connectivity index (χ1) is 10.1. The number of benzene rings is 1. The zero-order valence-corrected chi connectivity index (χ0v) is 10.6. The second kappa shape index (κ2) is 5.01. The van der Waals surface area contributed by atoms with E-state index in [1.165, 1.54) is 18.7 Å². The van der Waals surface area contributed by atoms with E-state index in [1.807, 2.05) is 0 Å². The molecule has 7 heteroatoms. The lowest BCUT2D eigenvalue weighted by molar-refractivity contribution is -0.136. The fraction of sp³-hybridized carbons (Fsp3) is 0.0714. The van der Waals surface area contributed by atoms with E-state index < -0.39 is 11.7 Å². The summed E-state index contributed by atoms with van der Waals surface area (Å²) in [5, 5.41) is 2.76. The highest BCUT2D eigenvalue weighted by atomic mass is 19.4. The zero-order valence-electron chi connectivity index (χ0n) is 10.6. The highest BCUT2D eigenvalue weighted by Gasteiger charge is 2.34. The van der Waals surface area contributed by atoms with Crippen molar-refractivity contribution in [1.29, 1.82) is 0 Å². The molecule has 1 aromatic carbocycles. The molecule has 0 spiro atoms. The number of alkyl halides is 3. The normalized spacial score (nSPS) is 11.6. The minimum absolute atomic E-state index is 0.0542. The highest BCUT2D eigenvalue weighted by Crippen LogP contribution is 2.37.